The summed E-state index contributed by atoms with van der Waals surface area (Å²) in [5.74, 6) is 0.247. The van der Waals surface area contributed by atoms with E-state index in [-0.39, 0.29) is 11.9 Å². The maximum absolute atomic E-state index is 12.5. The van der Waals surface area contributed by atoms with Gasteiger partial charge in [-0.25, -0.2) is 9.97 Å². The number of aromatic nitrogens is 3. The van der Waals surface area contributed by atoms with Crippen LogP contribution in [0.2, 0.25) is 0 Å². The Morgan fingerprint density at radius 3 is 2.95 bits per heavy atom. The first kappa shape index (κ1) is 15.0. The molecular formula is C16H22N4O2. The lowest BCUT2D eigenvalue weighted by molar-refractivity contribution is 0.0212. The fourth-order valence-corrected chi connectivity index (χ4v) is 2.39. The van der Waals surface area contributed by atoms with Gasteiger partial charge in [0.25, 0.3) is 5.91 Å². The monoisotopic (exact) mass is 302 g/mol. The molecule has 3 N–H and O–H groups in total. The standard InChI is InChI=1S/C16H22N4O2/c1-4-16(3,22)9(2)19-15(21)11-7-17-14-13(11)20-12(8-18-14)10-5-6-10/h7-10,22H,4-6H2,1-3H3,(H,17,18)(H,19,21)/t9-,16-/m1/s1. The van der Waals surface area contributed by atoms with E-state index < -0.39 is 5.60 Å². The van der Waals surface area contributed by atoms with Crippen LogP contribution in [0.4, 0.5) is 0 Å². The maximum atomic E-state index is 12.5. The number of hydrogen-bond donors (Lipinski definition) is 3. The van der Waals surface area contributed by atoms with Crippen molar-refractivity contribution in [3.8, 4) is 0 Å². The van der Waals surface area contributed by atoms with Gasteiger partial charge in [-0.2, -0.15) is 0 Å². The summed E-state index contributed by atoms with van der Waals surface area (Å²) in [6.07, 6.45) is 6.26. The average Bonchev–Trinajstić information content (AvgIpc) is 3.26. The molecule has 0 bridgehead atoms. The van der Waals surface area contributed by atoms with Gasteiger partial charge in [0.1, 0.15) is 5.52 Å². The largest absolute Gasteiger partial charge is 0.388 e. The zero-order valence-corrected chi connectivity index (χ0v) is 13.2. The molecule has 1 aliphatic rings. The summed E-state index contributed by atoms with van der Waals surface area (Å²) in [7, 11) is 0. The number of fused-ring (bicyclic) bond motifs is 1. The zero-order valence-electron chi connectivity index (χ0n) is 13.2. The van der Waals surface area contributed by atoms with E-state index in [2.05, 4.69) is 20.3 Å². The van der Waals surface area contributed by atoms with E-state index >= 15 is 0 Å². The van der Waals surface area contributed by atoms with Gasteiger partial charge >= 0.3 is 0 Å². The number of carbonyl (C=O) groups excluding carboxylic acids is 1. The van der Waals surface area contributed by atoms with E-state index in [1.54, 1.807) is 26.2 Å². The third-order valence-corrected chi connectivity index (χ3v) is 4.64. The summed E-state index contributed by atoms with van der Waals surface area (Å²) in [4.78, 5) is 24.4. The van der Waals surface area contributed by atoms with E-state index in [9.17, 15) is 9.90 Å². The molecule has 0 radical (unpaired) electrons. The van der Waals surface area contributed by atoms with Crippen molar-refractivity contribution in [2.45, 2.75) is 57.6 Å². The summed E-state index contributed by atoms with van der Waals surface area (Å²) >= 11 is 0. The van der Waals surface area contributed by atoms with Crippen molar-refractivity contribution in [1.29, 1.82) is 0 Å². The van der Waals surface area contributed by atoms with Crippen molar-refractivity contribution < 1.29 is 9.90 Å². The molecule has 118 valence electrons. The maximum Gasteiger partial charge on any atom is 0.255 e. The van der Waals surface area contributed by atoms with Crippen molar-refractivity contribution in [3.63, 3.8) is 0 Å². The van der Waals surface area contributed by atoms with E-state index in [4.69, 9.17) is 0 Å². The lowest BCUT2D eigenvalue weighted by Crippen LogP contribution is -2.48. The Morgan fingerprint density at radius 2 is 2.32 bits per heavy atom. The van der Waals surface area contributed by atoms with Crippen molar-refractivity contribution in [2.24, 2.45) is 0 Å². The Balaban J connectivity index is 1.86. The van der Waals surface area contributed by atoms with Crippen LogP contribution in [0.25, 0.3) is 11.2 Å². The molecule has 2 aromatic heterocycles. The molecule has 0 unspecified atom stereocenters. The van der Waals surface area contributed by atoms with Gasteiger partial charge in [-0.3, -0.25) is 4.79 Å². The lowest BCUT2D eigenvalue weighted by Gasteiger charge is -2.29. The van der Waals surface area contributed by atoms with Gasteiger partial charge in [-0.05, 0) is 33.1 Å². The number of aliphatic hydroxyl groups is 1. The molecular weight excluding hydrogens is 280 g/mol. The number of nitrogens with one attached hydrogen (secondary N) is 2. The highest BCUT2D eigenvalue weighted by molar-refractivity contribution is 6.04. The van der Waals surface area contributed by atoms with Gasteiger partial charge in [0.2, 0.25) is 0 Å². The summed E-state index contributed by atoms with van der Waals surface area (Å²) in [5, 5.41) is 13.1. The molecule has 1 amide bonds. The number of amides is 1. The Labute approximate surface area is 129 Å². The molecule has 6 nitrogen and oxygen atoms in total. The first-order chi connectivity index (χ1) is 10.4. The highest BCUT2D eigenvalue weighted by Crippen LogP contribution is 2.39. The van der Waals surface area contributed by atoms with Crippen molar-refractivity contribution >= 4 is 17.1 Å². The SMILES string of the molecule is CC[C@@](C)(O)[C@@H](C)NC(=O)c1c[nH]c2ncc(C3CC3)nc12. The summed E-state index contributed by atoms with van der Waals surface area (Å²) in [6, 6.07) is -0.352. The first-order valence-corrected chi connectivity index (χ1v) is 7.79. The van der Waals surface area contributed by atoms with Crippen molar-refractivity contribution in [1.82, 2.24) is 20.3 Å². The Bertz CT molecular complexity index is 703. The molecule has 3 rings (SSSR count). The molecule has 0 saturated heterocycles. The van der Waals surface area contributed by atoms with E-state index in [1.165, 1.54) is 0 Å². The topological polar surface area (TPSA) is 90.9 Å². The molecule has 0 aromatic carbocycles. The quantitative estimate of drug-likeness (QED) is 0.789. The van der Waals surface area contributed by atoms with Gasteiger partial charge in [-0.15, -0.1) is 0 Å². The third-order valence-electron chi connectivity index (χ3n) is 4.64. The molecule has 2 atom stereocenters. The normalized spacial score (nSPS) is 18.9. The van der Waals surface area contributed by atoms with Crippen LogP contribution in [-0.4, -0.2) is 37.6 Å². The summed E-state index contributed by atoms with van der Waals surface area (Å²) in [5.41, 5.74) is 1.71. The van der Waals surface area contributed by atoms with E-state index in [0.29, 0.717) is 29.1 Å². The van der Waals surface area contributed by atoms with Gasteiger partial charge in [0.05, 0.1) is 29.1 Å². The molecule has 2 heterocycles. The van der Waals surface area contributed by atoms with Crippen molar-refractivity contribution in [3.05, 3.63) is 23.7 Å². The van der Waals surface area contributed by atoms with Crippen LogP contribution in [0.3, 0.4) is 0 Å². The molecule has 2 aromatic rings. The number of rotatable bonds is 5. The molecule has 0 aliphatic heterocycles. The smallest absolute Gasteiger partial charge is 0.255 e. The van der Waals surface area contributed by atoms with Gasteiger partial charge in [0.15, 0.2) is 5.65 Å². The van der Waals surface area contributed by atoms with Crippen LogP contribution in [0, 0.1) is 0 Å². The second-order valence-electron chi connectivity index (χ2n) is 6.37. The third kappa shape index (κ3) is 2.70. The molecule has 6 heteroatoms. The van der Waals surface area contributed by atoms with Gasteiger partial charge < -0.3 is 15.4 Å². The second kappa shape index (κ2) is 5.35. The Hall–Kier alpha value is -1.95. The number of nitrogens with zero attached hydrogens (tertiary/aromatic N) is 2. The fraction of sp³-hybridized carbons (Fsp3) is 0.562. The summed E-state index contributed by atoms with van der Waals surface area (Å²) < 4.78 is 0. The molecule has 1 fully saturated rings. The highest BCUT2D eigenvalue weighted by atomic mass is 16.3. The molecule has 1 aliphatic carbocycles. The van der Waals surface area contributed by atoms with Gasteiger partial charge in [0, 0.05) is 12.1 Å². The van der Waals surface area contributed by atoms with Crippen LogP contribution < -0.4 is 5.32 Å². The van der Waals surface area contributed by atoms with Crippen LogP contribution in [0.15, 0.2) is 12.4 Å². The fourth-order valence-electron chi connectivity index (χ4n) is 2.39. The lowest BCUT2D eigenvalue weighted by atomic mass is 9.95. The average molecular weight is 302 g/mol. The molecule has 0 spiro atoms. The van der Waals surface area contributed by atoms with E-state index in [0.717, 1.165) is 18.5 Å². The minimum Gasteiger partial charge on any atom is -0.388 e. The Kier molecular flexibility index (Phi) is 3.64. The Morgan fingerprint density at radius 1 is 1.59 bits per heavy atom. The van der Waals surface area contributed by atoms with Crippen LogP contribution >= 0.6 is 0 Å². The zero-order chi connectivity index (χ0) is 15.9. The first-order valence-electron chi connectivity index (χ1n) is 7.79. The van der Waals surface area contributed by atoms with Crippen LogP contribution in [0.5, 0.6) is 0 Å². The number of carbonyl (C=O) groups is 1. The molecule has 22 heavy (non-hydrogen) atoms. The highest BCUT2D eigenvalue weighted by Gasteiger charge is 2.29. The van der Waals surface area contributed by atoms with Crippen LogP contribution in [-0.2, 0) is 0 Å². The van der Waals surface area contributed by atoms with E-state index in [1.807, 2.05) is 6.92 Å². The second-order valence-corrected chi connectivity index (χ2v) is 6.37. The predicted octanol–water partition coefficient (Wildman–Crippen LogP) is 2.11. The minimum atomic E-state index is -0.938. The number of aromatic amines is 1. The number of H-pyrrole nitrogens is 1. The minimum absolute atomic E-state index is 0.241. The van der Waals surface area contributed by atoms with Gasteiger partial charge in [-0.1, -0.05) is 6.92 Å². The predicted molar refractivity (Wildman–Crippen MR) is 83.7 cm³/mol. The van der Waals surface area contributed by atoms with Crippen LogP contribution in [0.1, 0.15) is 62.0 Å². The van der Waals surface area contributed by atoms with Crippen molar-refractivity contribution in [2.75, 3.05) is 0 Å². The molecule has 1 saturated carbocycles. The summed E-state index contributed by atoms with van der Waals surface area (Å²) in [6.45, 7) is 5.41. The number of hydrogen-bond acceptors (Lipinski definition) is 4.